The molecule has 0 bridgehead atoms. The molecule has 7 heteroatoms. The lowest BCUT2D eigenvalue weighted by Gasteiger charge is -2.20. The van der Waals surface area contributed by atoms with E-state index in [0.717, 1.165) is 18.2 Å². The summed E-state index contributed by atoms with van der Waals surface area (Å²) in [7, 11) is -4.01. The zero-order chi connectivity index (χ0) is 21.0. The fraction of sp³-hybridized carbons (Fsp3) is 0.227. The van der Waals surface area contributed by atoms with E-state index in [9.17, 15) is 18.3 Å². The van der Waals surface area contributed by atoms with Crippen LogP contribution in [0.25, 0.3) is 10.8 Å². The number of anilines is 2. The molecule has 0 radical (unpaired) electrons. The molecule has 0 aliphatic rings. The van der Waals surface area contributed by atoms with Crippen LogP contribution in [0.3, 0.4) is 0 Å². The summed E-state index contributed by atoms with van der Waals surface area (Å²) in [5, 5.41) is 14.2. The van der Waals surface area contributed by atoms with Crippen LogP contribution in [-0.2, 0) is 10.0 Å². The first-order valence-electron chi connectivity index (χ1n) is 9.50. The molecule has 0 aromatic heterocycles. The van der Waals surface area contributed by atoms with Gasteiger partial charge in [-0.2, -0.15) is 0 Å². The van der Waals surface area contributed by atoms with E-state index in [2.05, 4.69) is 10.0 Å². The summed E-state index contributed by atoms with van der Waals surface area (Å²) in [4.78, 5) is 12.0. The van der Waals surface area contributed by atoms with Gasteiger partial charge in [0.25, 0.3) is 10.0 Å². The summed E-state index contributed by atoms with van der Waals surface area (Å²) >= 11 is 0. The number of carbonyl (C=O) groups is 1. The highest BCUT2D eigenvalue weighted by molar-refractivity contribution is 7.92. The molecule has 0 heterocycles. The Morgan fingerprint density at radius 3 is 2.28 bits per heavy atom. The highest BCUT2D eigenvalue weighted by atomic mass is 32.2. The van der Waals surface area contributed by atoms with E-state index < -0.39 is 16.0 Å². The second kappa shape index (κ2) is 8.53. The van der Waals surface area contributed by atoms with Gasteiger partial charge in [-0.3, -0.25) is 4.72 Å². The minimum Gasteiger partial charge on any atom is -0.478 e. The van der Waals surface area contributed by atoms with Crippen molar-refractivity contribution in [2.75, 3.05) is 10.0 Å². The number of aromatic carboxylic acids is 1. The lowest BCUT2D eigenvalue weighted by molar-refractivity contribution is 0.0700. The van der Waals surface area contributed by atoms with Gasteiger partial charge < -0.3 is 10.4 Å². The highest BCUT2D eigenvalue weighted by Gasteiger charge is 2.23. The minimum atomic E-state index is -4.01. The van der Waals surface area contributed by atoms with Gasteiger partial charge >= 0.3 is 5.97 Å². The maximum Gasteiger partial charge on any atom is 0.338 e. The van der Waals surface area contributed by atoms with Gasteiger partial charge in [0.2, 0.25) is 0 Å². The van der Waals surface area contributed by atoms with E-state index in [-0.39, 0.29) is 22.2 Å². The van der Waals surface area contributed by atoms with E-state index in [1.54, 1.807) is 48.5 Å². The zero-order valence-corrected chi connectivity index (χ0v) is 17.2. The van der Waals surface area contributed by atoms with Gasteiger partial charge in [-0.05, 0) is 41.8 Å². The van der Waals surface area contributed by atoms with Crippen molar-refractivity contribution in [3.63, 3.8) is 0 Å². The molecule has 0 amide bonds. The molecule has 3 N–H and O–H groups in total. The van der Waals surface area contributed by atoms with Crippen molar-refractivity contribution in [2.24, 2.45) is 0 Å². The van der Waals surface area contributed by atoms with Gasteiger partial charge in [-0.15, -0.1) is 0 Å². The summed E-state index contributed by atoms with van der Waals surface area (Å²) in [6, 6.07) is 16.9. The molecule has 0 saturated carbocycles. The van der Waals surface area contributed by atoms with Crippen LogP contribution in [0, 0.1) is 0 Å². The van der Waals surface area contributed by atoms with Crippen LogP contribution in [-0.4, -0.2) is 25.5 Å². The highest BCUT2D eigenvalue weighted by Crippen LogP contribution is 2.30. The van der Waals surface area contributed by atoms with Gasteiger partial charge in [0, 0.05) is 6.04 Å². The molecule has 152 valence electrons. The third-order valence-electron chi connectivity index (χ3n) is 4.91. The Kier molecular flexibility index (Phi) is 6.08. The van der Waals surface area contributed by atoms with Crippen molar-refractivity contribution >= 4 is 38.1 Å². The number of carboxylic acids is 1. The third kappa shape index (κ3) is 4.35. The number of carboxylic acid groups (broad SMARTS) is 1. The number of hydrogen-bond acceptors (Lipinski definition) is 4. The summed E-state index contributed by atoms with van der Waals surface area (Å²) in [5.74, 6) is -1.19. The minimum absolute atomic E-state index is 0.0357. The van der Waals surface area contributed by atoms with Crippen molar-refractivity contribution in [3.05, 3.63) is 66.2 Å². The topological polar surface area (TPSA) is 95.5 Å². The van der Waals surface area contributed by atoms with Crippen LogP contribution >= 0.6 is 0 Å². The number of rotatable bonds is 8. The number of para-hydroxylation sites is 1. The van der Waals surface area contributed by atoms with Gasteiger partial charge in [0.05, 0.1) is 16.9 Å². The Morgan fingerprint density at radius 2 is 1.59 bits per heavy atom. The first-order chi connectivity index (χ1) is 13.9. The van der Waals surface area contributed by atoms with Gasteiger partial charge in [0.15, 0.2) is 0 Å². The lowest BCUT2D eigenvalue weighted by Crippen LogP contribution is -2.21. The van der Waals surface area contributed by atoms with Gasteiger partial charge in [-0.25, -0.2) is 13.2 Å². The zero-order valence-electron chi connectivity index (χ0n) is 16.3. The molecule has 0 aliphatic carbocycles. The predicted molar refractivity (Wildman–Crippen MR) is 116 cm³/mol. The van der Waals surface area contributed by atoms with E-state index in [1.165, 1.54) is 12.1 Å². The molecule has 0 fully saturated rings. The van der Waals surface area contributed by atoms with Crippen molar-refractivity contribution in [3.8, 4) is 0 Å². The van der Waals surface area contributed by atoms with E-state index in [0.29, 0.717) is 11.1 Å². The van der Waals surface area contributed by atoms with Crippen LogP contribution < -0.4 is 10.0 Å². The number of nitrogens with one attached hydrogen (secondary N) is 2. The Bertz CT molecular complexity index is 1140. The van der Waals surface area contributed by atoms with Crippen LogP contribution in [0.1, 0.15) is 37.0 Å². The smallest absolute Gasteiger partial charge is 0.338 e. The molecule has 0 aliphatic heterocycles. The molecule has 6 nitrogen and oxygen atoms in total. The number of sulfonamides is 1. The molecule has 3 aromatic rings. The fourth-order valence-electron chi connectivity index (χ4n) is 3.32. The van der Waals surface area contributed by atoms with Crippen LogP contribution in [0.15, 0.2) is 65.6 Å². The lowest BCUT2D eigenvalue weighted by atomic mass is 10.0. The van der Waals surface area contributed by atoms with E-state index in [1.807, 2.05) is 13.8 Å². The second-order valence-corrected chi connectivity index (χ2v) is 8.42. The first-order valence-corrected chi connectivity index (χ1v) is 11.0. The molecule has 0 saturated heterocycles. The Balaban J connectivity index is 2.05. The average Bonchev–Trinajstić information content (AvgIpc) is 2.71. The van der Waals surface area contributed by atoms with Crippen molar-refractivity contribution < 1.29 is 18.3 Å². The number of benzene rings is 3. The fourth-order valence-corrected chi connectivity index (χ4v) is 4.56. The molecule has 0 atom stereocenters. The summed E-state index contributed by atoms with van der Waals surface area (Å²) in [6.07, 6.45) is 1.71. The maximum absolute atomic E-state index is 13.1. The van der Waals surface area contributed by atoms with E-state index >= 15 is 0 Å². The summed E-state index contributed by atoms with van der Waals surface area (Å²) < 4.78 is 28.8. The quantitative estimate of drug-likeness (QED) is 0.487. The second-order valence-electron chi connectivity index (χ2n) is 6.77. The third-order valence-corrected chi connectivity index (χ3v) is 6.33. The SMILES string of the molecule is CCC(CC)Nc1ccccc1S(=O)(=O)Nc1ccc2ccccc2c1C(=O)O. The Morgan fingerprint density at radius 1 is 0.931 bits per heavy atom. The van der Waals surface area contributed by atoms with E-state index in [4.69, 9.17) is 0 Å². The molecular formula is C22H24N2O4S. The number of fused-ring (bicyclic) bond motifs is 1. The number of hydrogen-bond donors (Lipinski definition) is 3. The molecule has 3 aromatic carbocycles. The maximum atomic E-state index is 13.1. The molecular weight excluding hydrogens is 388 g/mol. The Labute approximate surface area is 170 Å². The van der Waals surface area contributed by atoms with Crippen LogP contribution in [0.2, 0.25) is 0 Å². The normalized spacial score (nSPS) is 11.6. The monoisotopic (exact) mass is 412 g/mol. The Hall–Kier alpha value is -3.06. The molecule has 3 rings (SSSR count). The summed E-state index contributed by atoms with van der Waals surface area (Å²) in [6.45, 7) is 4.06. The standard InChI is InChI=1S/C22H24N2O4S/c1-3-16(4-2)23-18-11-7-8-12-20(18)29(27,28)24-19-14-13-15-9-5-6-10-17(15)21(19)22(25)26/h5-14,16,23-24H,3-4H2,1-2H3,(H,25,26). The molecule has 29 heavy (non-hydrogen) atoms. The van der Waals surface area contributed by atoms with Crippen LogP contribution in [0.4, 0.5) is 11.4 Å². The van der Waals surface area contributed by atoms with Crippen molar-refractivity contribution in [2.45, 2.75) is 37.6 Å². The summed E-state index contributed by atoms with van der Waals surface area (Å²) in [5.41, 5.74) is 0.456. The van der Waals surface area contributed by atoms with Crippen molar-refractivity contribution in [1.82, 2.24) is 0 Å². The molecule has 0 unspecified atom stereocenters. The van der Waals surface area contributed by atoms with Crippen molar-refractivity contribution in [1.29, 1.82) is 0 Å². The first kappa shape index (κ1) is 20.7. The van der Waals surface area contributed by atoms with Crippen LogP contribution in [0.5, 0.6) is 0 Å². The largest absolute Gasteiger partial charge is 0.478 e. The molecule has 0 spiro atoms. The predicted octanol–water partition coefficient (Wildman–Crippen LogP) is 4.94. The van der Waals surface area contributed by atoms with Gasteiger partial charge in [0.1, 0.15) is 4.90 Å². The average molecular weight is 413 g/mol. The van der Waals surface area contributed by atoms with Gasteiger partial charge in [-0.1, -0.05) is 56.3 Å².